The SMILES string of the molecule is Cc1c(C(=O)NC(CF)C(=O)O)cccc1[N+](=O)[O-]. The van der Waals surface area contributed by atoms with Crippen LogP contribution in [0.15, 0.2) is 18.2 Å². The number of rotatable bonds is 5. The van der Waals surface area contributed by atoms with Gasteiger partial charge in [-0.3, -0.25) is 14.9 Å². The molecule has 19 heavy (non-hydrogen) atoms. The average molecular weight is 270 g/mol. The third-order valence-electron chi connectivity index (χ3n) is 2.50. The standard InChI is InChI=1S/C11H11FN2O5/c1-6-7(3-2-4-9(6)14(18)19)10(15)13-8(5-12)11(16)17/h2-4,8H,5H2,1H3,(H,13,15)(H,16,17). The van der Waals surface area contributed by atoms with Crippen LogP contribution >= 0.6 is 0 Å². The van der Waals surface area contributed by atoms with E-state index in [1.54, 1.807) is 0 Å². The monoisotopic (exact) mass is 270 g/mol. The van der Waals surface area contributed by atoms with Gasteiger partial charge in [0.2, 0.25) is 0 Å². The molecule has 2 N–H and O–H groups in total. The molecule has 1 aromatic carbocycles. The third-order valence-corrected chi connectivity index (χ3v) is 2.50. The summed E-state index contributed by atoms with van der Waals surface area (Å²) in [6.45, 7) is 0.0906. The van der Waals surface area contributed by atoms with Crippen LogP contribution in [0.3, 0.4) is 0 Å². The number of nitro benzene ring substituents is 1. The fourth-order valence-electron chi connectivity index (χ4n) is 1.47. The molecule has 0 aromatic heterocycles. The van der Waals surface area contributed by atoms with Crippen LogP contribution < -0.4 is 5.32 Å². The average Bonchev–Trinajstić information content (AvgIpc) is 2.35. The number of nitrogens with zero attached hydrogens (tertiary/aromatic N) is 1. The lowest BCUT2D eigenvalue weighted by Gasteiger charge is -2.12. The highest BCUT2D eigenvalue weighted by Crippen LogP contribution is 2.20. The summed E-state index contributed by atoms with van der Waals surface area (Å²) < 4.78 is 12.4. The van der Waals surface area contributed by atoms with Gasteiger partial charge in [0.1, 0.15) is 6.67 Å². The van der Waals surface area contributed by atoms with Crippen molar-refractivity contribution in [2.24, 2.45) is 0 Å². The lowest BCUT2D eigenvalue weighted by atomic mass is 10.1. The fourth-order valence-corrected chi connectivity index (χ4v) is 1.47. The first-order valence-corrected chi connectivity index (χ1v) is 5.22. The number of carboxylic acids is 1. The van der Waals surface area contributed by atoms with E-state index in [1.165, 1.54) is 25.1 Å². The molecule has 0 aliphatic heterocycles. The topological polar surface area (TPSA) is 110 Å². The molecule has 0 fully saturated rings. The first-order valence-electron chi connectivity index (χ1n) is 5.22. The van der Waals surface area contributed by atoms with E-state index in [4.69, 9.17) is 5.11 Å². The van der Waals surface area contributed by atoms with Crippen LogP contribution in [0, 0.1) is 17.0 Å². The van der Waals surface area contributed by atoms with Gasteiger partial charge in [0.15, 0.2) is 6.04 Å². The van der Waals surface area contributed by atoms with Crippen LogP contribution in [0.25, 0.3) is 0 Å². The van der Waals surface area contributed by atoms with Gasteiger partial charge >= 0.3 is 5.97 Å². The van der Waals surface area contributed by atoms with E-state index in [9.17, 15) is 24.1 Å². The van der Waals surface area contributed by atoms with Crippen molar-refractivity contribution in [3.8, 4) is 0 Å². The largest absolute Gasteiger partial charge is 0.480 e. The lowest BCUT2D eigenvalue weighted by Crippen LogP contribution is -2.42. The van der Waals surface area contributed by atoms with Crippen molar-refractivity contribution >= 4 is 17.6 Å². The van der Waals surface area contributed by atoms with Gasteiger partial charge in [-0.05, 0) is 13.0 Å². The summed E-state index contributed by atoms with van der Waals surface area (Å²) in [6.07, 6.45) is 0. The van der Waals surface area contributed by atoms with Crippen LogP contribution in [0.4, 0.5) is 10.1 Å². The predicted octanol–water partition coefficient (Wildman–Crippen LogP) is 1.06. The number of carbonyl (C=O) groups is 2. The number of carbonyl (C=O) groups excluding carboxylic acids is 1. The van der Waals surface area contributed by atoms with Gasteiger partial charge in [-0.1, -0.05) is 6.07 Å². The summed E-state index contributed by atoms with van der Waals surface area (Å²) >= 11 is 0. The van der Waals surface area contributed by atoms with Crippen LogP contribution in [0.1, 0.15) is 15.9 Å². The molecule has 0 aliphatic rings. The maximum absolute atomic E-state index is 12.4. The highest BCUT2D eigenvalue weighted by molar-refractivity contribution is 5.98. The fraction of sp³-hybridized carbons (Fsp3) is 0.273. The maximum Gasteiger partial charge on any atom is 0.328 e. The van der Waals surface area contributed by atoms with Crippen LogP contribution in [-0.2, 0) is 4.79 Å². The molecule has 1 unspecified atom stereocenters. The molecule has 102 valence electrons. The van der Waals surface area contributed by atoms with Gasteiger partial charge in [0.25, 0.3) is 11.6 Å². The zero-order chi connectivity index (χ0) is 14.6. The number of nitrogens with one attached hydrogen (secondary N) is 1. The molecule has 0 bridgehead atoms. The Labute approximate surface area is 107 Å². The molecular weight excluding hydrogens is 259 g/mol. The Morgan fingerprint density at radius 3 is 2.63 bits per heavy atom. The van der Waals surface area contributed by atoms with E-state index >= 15 is 0 Å². The summed E-state index contributed by atoms with van der Waals surface area (Å²) in [6, 6.07) is 2.14. The maximum atomic E-state index is 12.4. The van der Waals surface area contributed by atoms with Gasteiger partial charge in [0, 0.05) is 17.2 Å². The Morgan fingerprint density at radius 2 is 2.16 bits per heavy atom. The van der Waals surface area contributed by atoms with Gasteiger partial charge in [-0.15, -0.1) is 0 Å². The van der Waals surface area contributed by atoms with Crippen molar-refractivity contribution in [1.29, 1.82) is 0 Å². The smallest absolute Gasteiger partial charge is 0.328 e. The van der Waals surface area contributed by atoms with Crippen LogP contribution in [-0.4, -0.2) is 34.6 Å². The molecule has 0 saturated heterocycles. The lowest BCUT2D eigenvalue weighted by molar-refractivity contribution is -0.385. The quantitative estimate of drug-likeness (QED) is 0.614. The van der Waals surface area contributed by atoms with Crippen molar-refractivity contribution in [3.05, 3.63) is 39.4 Å². The van der Waals surface area contributed by atoms with Gasteiger partial charge < -0.3 is 10.4 Å². The summed E-state index contributed by atoms with van der Waals surface area (Å²) in [7, 11) is 0. The van der Waals surface area contributed by atoms with Crippen molar-refractivity contribution in [1.82, 2.24) is 5.32 Å². The second-order valence-corrected chi connectivity index (χ2v) is 3.73. The Balaban J connectivity index is 3.04. The molecule has 1 amide bonds. The number of benzene rings is 1. The van der Waals surface area contributed by atoms with Crippen molar-refractivity contribution < 1.29 is 24.0 Å². The van der Waals surface area contributed by atoms with E-state index < -0.39 is 29.5 Å². The second kappa shape index (κ2) is 5.89. The summed E-state index contributed by atoms with van der Waals surface area (Å²) in [5.41, 5.74) is -0.235. The number of halogens is 1. The first kappa shape index (κ1) is 14.6. The zero-order valence-electron chi connectivity index (χ0n) is 9.92. The highest BCUT2D eigenvalue weighted by Gasteiger charge is 2.23. The number of aliphatic carboxylic acids is 1. The minimum atomic E-state index is -1.67. The van der Waals surface area contributed by atoms with Crippen LogP contribution in [0.5, 0.6) is 0 Å². The molecule has 0 heterocycles. The van der Waals surface area contributed by atoms with Gasteiger partial charge in [0.05, 0.1) is 4.92 Å². The summed E-state index contributed by atoms with van der Waals surface area (Å²) in [5.74, 6) is -2.38. The van der Waals surface area contributed by atoms with E-state index in [-0.39, 0.29) is 16.8 Å². The molecule has 0 saturated carbocycles. The minimum Gasteiger partial charge on any atom is -0.480 e. The number of hydrogen-bond donors (Lipinski definition) is 2. The molecule has 1 rings (SSSR count). The van der Waals surface area contributed by atoms with E-state index in [2.05, 4.69) is 0 Å². The number of carboxylic acid groups (broad SMARTS) is 1. The highest BCUT2D eigenvalue weighted by atomic mass is 19.1. The predicted molar refractivity (Wildman–Crippen MR) is 62.7 cm³/mol. The molecule has 8 heteroatoms. The summed E-state index contributed by atoms with van der Waals surface area (Å²) in [4.78, 5) is 32.4. The number of hydrogen-bond acceptors (Lipinski definition) is 4. The summed E-state index contributed by atoms with van der Waals surface area (Å²) in [5, 5.41) is 21.3. The van der Waals surface area contributed by atoms with Gasteiger partial charge in [-0.2, -0.15) is 0 Å². The molecule has 1 atom stereocenters. The molecule has 0 radical (unpaired) electrons. The molecule has 0 spiro atoms. The van der Waals surface area contributed by atoms with Crippen molar-refractivity contribution in [2.45, 2.75) is 13.0 Å². The van der Waals surface area contributed by atoms with Gasteiger partial charge in [-0.25, -0.2) is 9.18 Å². The number of amides is 1. The molecule has 7 nitrogen and oxygen atoms in total. The Kier molecular flexibility index (Phi) is 4.51. The number of nitro groups is 1. The third kappa shape index (κ3) is 3.24. The first-order chi connectivity index (χ1) is 8.88. The normalized spacial score (nSPS) is 11.7. The van der Waals surface area contributed by atoms with E-state index in [0.29, 0.717) is 0 Å². The van der Waals surface area contributed by atoms with Crippen molar-refractivity contribution in [2.75, 3.05) is 6.67 Å². The zero-order valence-corrected chi connectivity index (χ0v) is 9.92. The second-order valence-electron chi connectivity index (χ2n) is 3.73. The Morgan fingerprint density at radius 1 is 1.53 bits per heavy atom. The number of alkyl halides is 1. The molecule has 1 aromatic rings. The Bertz CT molecular complexity index is 532. The van der Waals surface area contributed by atoms with Crippen molar-refractivity contribution in [3.63, 3.8) is 0 Å². The molecular formula is C11H11FN2O5. The Hall–Kier alpha value is -2.51. The minimum absolute atomic E-state index is 0.0612. The molecule has 0 aliphatic carbocycles. The van der Waals surface area contributed by atoms with E-state index in [0.717, 1.165) is 0 Å². The van der Waals surface area contributed by atoms with E-state index in [1.807, 2.05) is 5.32 Å². The van der Waals surface area contributed by atoms with Crippen LogP contribution in [0.2, 0.25) is 0 Å².